The summed E-state index contributed by atoms with van der Waals surface area (Å²) in [5.74, 6) is 0. The number of hydrogen-bond donors (Lipinski definition) is 2. The first kappa shape index (κ1) is 12.2. The van der Waals surface area contributed by atoms with Crippen molar-refractivity contribution in [2.45, 2.75) is 12.5 Å². The molecule has 0 aliphatic carbocycles. The van der Waals surface area contributed by atoms with E-state index in [9.17, 15) is 5.21 Å². The second kappa shape index (κ2) is 5.75. The van der Waals surface area contributed by atoms with Crippen LogP contribution in [0.3, 0.4) is 0 Å². The maximum atomic E-state index is 10.6. The highest BCUT2D eigenvalue weighted by Gasteiger charge is 2.05. The fourth-order valence-corrected chi connectivity index (χ4v) is 0.977. The molecule has 0 fully saturated rings. The Balaban J connectivity index is 0.00000144. The Kier molecular flexibility index (Phi) is 5.37. The lowest BCUT2D eigenvalue weighted by Crippen LogP contribution is -2.25. The Morgan fingerprint density at radius 3 is 2.46 bits per heavy atom. The Hall–Kier alpha value is -0.840. The number of halogens is 1. The van der Waals surface area contributed by atoms with E-state index < -0.39 is 0 Å². The molecule has 4 nitrogen and oxygen atoms in total. The molecule has 13 heavy (non-hydrogen) atoms. The maximum absolute atomic E-state index is 10.6. The summed E-state index contributed by atoms with van der Waals surface area (Å²) in [5, 5.41) is 19.2. The van der Waals surface area contributed by atoms with Crippen LogP contribution in [-0.4, -0.2) is 11.7 Å². The van der Waals surface area contributed by atoms with Crippen LogP contribution < -0.4 is 10.5 Å². The highest BCUT2D eigenvalue weighted by Crippen LogP contribution is 2.10. The van der Waals surface area contributed by atoms with Crippen molar-refractivity contribution in [2.75, 3.05) is 6.61 Å². The molecule has 0 aliphatic heterocycles. The average molecular weight is 205 g/mol. The van der Waals surface area contributed by atoms with Gasteiger partial charge in [0.15, 0.2) is 12.4 Å². The zero-order valence-electron chi connectivity index (χ0n) is 7.09. The van der Waals surface area contributed by atoms with Crippen LogP contribution in [0.2, 0.25) is 0 Å². The molecule has 74 valence electrons. The monoisotopic (exact) mass is 204 g/mol. The fraction of sp³-hybridized carbons (Fsp3) is 0.375. The molecule has 5 heteroatoms. The zero-order valence-corrected chi connectivity index (χ0v) is 7.91. The van der Waals surface area contributed by atoms with E-state index in [1.54, 1.807) is 12.1 Å². The Labute approximate surface area is 83.0 Å². The van der Waals surface area contributed by atoms with E-state index in [1.807, 2.05) is 0 Å². The van der Waals surface area contributed by atoms with Crippen molar-refractivity contribution in [3.05, 3.63) is 35.3 Å². The van der Waals surface area contributed by atoms with Gasteiger partial charge in [0, 0.05) is 24.8 Å². The van der Waals surface area contributed by atoms with Crippen molar-refractivity contribution in [3.8, 4) is 0 Å². The van der Waals surface area contributed by atoms with E-state index >= 15 is 0 Å². The summed E-state index contributed by atoms with van der Waals surface area (Å²) < 4.78 is 0.704. The van der Waals surface area contributed by atoms with Gasteiger partial charge in [-0.1, -0.05) is 0 Å². The van der Waals surface area contributed by atoms with Gasteiger partial charge in [-0.2, -0.15) is 4.73 Å². The summed E-state index contributed by atoms with van der Waals surface area (Å²) in [6, 6.07) is 3.14. The smallest absolute Gasteiger partial charge is 0.180 e. The number of aliphatic hydroxyl groups is 1. The van der Waals surface area contributed by atoms with Crippen LogP contribution in [0.15, 0.2) is 24.5 Å². The summed E-state index contributed by atoms with van der Waals surface area (Å²) in [6.45, 7) is 0.0629. The number of aromatic nitrogens is 1. The molecule has 0 aromatic carbocycles. The number of aliphatic hydroxyl groups excluding tert-OH is 1. The largest absolute Gasteiger partial charge is 0.619 e. The second-order valence-corrected chi connectivity index (χ2v) is 2.61. The molecule has 0 saturated heterocycles. The van der Waals surface area contributed by atoms with Crippen LogP contribution in [0.5, 0.6) is 0 Å². The molecule has 1 aromatic heterocycles. The highest BCUT2D eigenvalue weighted by atomic mass is 35.5. The Bertz CT molecular complexity index is 240. The molecule has 1 rings (SSSR count). The molecule has 1 atom stereocenters. The third kappa shape index (κ3) is 3.59. The van der Waals surface area contributed by atoms with Crippen LogP contribution >= 0.6 is 12.4 Å². The van der Waals surface area contributed by atoms with E-state index in [0.29, 0.717) is 11.2 Å². The lowest BCUT2D eigenvalue weighted by atomic mass is 10.1. The van der Waals surface area contributed by atoms with Crippen LogP contribution in [0.1, 0.15) is 18.0 Å². The lowest BCUT2D eigenvalue weighted by Gasteiger charge is -2.08. The van der Waals surface area contributed by atoms with Gasteiger partial charge >= 0.3 is 0 Å². The molecular formula is C8H13ClN2O2. The molecule has 1 unspecified atom stereocenters. The summed E-state index contributed by atoms with van der Waals surface area (Å²) in [7, 11) is 0. The van der Waals surface area contributed by atoms with Gasteiger partial charge < -0.3 is 16.0 Å². The van der Waals surface area contributed by atoms with Crippen LogP contribution in [0, 0.1) is 5.21 Å². The quantitative estimate of drug-likeness (QED) is 0.543. The highest BCUT2D eigenvalue weighted by molar-refractivity contribution is 5.85. The van der Waals surface area contributed by atoms with Crippen molar-refractivity contribution in [1.82, 2.24) is 0 Å². The third-order valence-electron chi connectivity index (χ3n) is 1.70. The van der Waals surface area contributed by atoms with Crippen molar-refractivity contribution >= 4 is 12.4 Å². The first-order valence-electron chi connectivity index (χ1n) is 3.79. The minimum absolute atomic E-state index is 0. The third-order valence-corrected chi connectivity index (χ3v) is 1.70. The summed E-state index contributed by atoms with van der Waals surface area (Å²) in [4.78, 5) is 0. The van der Waals surface area contributed by atoms with E-state index in [2.05, 4.69) is 0 Å². The van der Waals surface area contributed by atoms with Gasteiger partial charge in [-0.05, 0) is 12.0 Å². The Morgan fingerprint density at radius 2 is 2.00 bits per heavy atom. The van der Waals surface area contributed by atoms with Gasteiger partial charge in [0.2, 0.25) is 0 Å². The van der Waals surface area contributed by atoms with Gasteiger partial charge in [0.05, 0.1) is 0 Å². The van der Waals surface area contributed by atoms with Gasteiger partial charge in [0.1, 0.15) is 0 Å². The SMILES string of the molecule is Cl.NC(CCO)c1cc[n+]([O-])cc1. The van der Waals surface area contributed by atoms with Crippen molar-refractivity contribution < 1.29 is 9.84 Å². The van der Waals surface area contributed by atoms with E-state index in [0.717, 1.165) is 5.56 Å². The van der Waals surface area contributed by atoms with Crippen LogP contribution in [-0.2, 0) is 0 Å². The van der Waals surface area contributed by atoms with Crippen LogP contribution in [0.25, 0.3) is 0 Å². The molecule has 0 saturated carbocycles. The maximum Gasteiger partial charge on any atom is 0.180 e. The lowest BCUT2D eigenvalue weighted by molar-refractivity contribution is -0.605. The molecule has 0 aliphatic rings. The minimum atomic E-state index is -0.184. The normalized spacial score (nSPS) is 11.8. The number of nitrogens with two attached hydrogens (primary N) is 1. The molecule has 0 amide bonds. The van der Waals surface area contributed by atoms with Gasteiger partial charge in [-0.15, -0.1) is 12.4 Å². The topological polar surface area (TPSA) is 73.2 Å². The first-order valence-corrected chi connectivity index (χ1v) is 3.79. The minimum Gasteiger partial charge on any atom is -0.619 e. The summed E-state index contributed by atoms with van der Waals surface area (Å²) in [5.41, 5.74) is 6.56. The molecule has 0 bridgehead atoms. The van der Waals surface area contributed by atoms with Crippen LogP contribution in [0.4, 0.5) is 0 Å². The zero-order chi connectivity index (χ0) is 8.97. The standard InChI is InChI=1S/C8H12N2O2.ClH/c9-8(3-6-11)7-1-4-10(12)5-2-7;/h1-2,4-5,8,11H,3,6,9H2;1H. The van der Waals surface area contributed by atoms with Gasteiger partial charge in [-0.3, -0.25) is 0 Å². The average Bonchev–Trinajstić information content (AvgIpc) is 2.06. The number of hydrogen-bond acceptors (Lipinski definition) is 3. The molecule has 0 spiro atoms. The number of pyridine rings is 1. The molecular weight excluding hydrogens is 192 g/mol. The summed E-state index contributed by atoms with van der Waals surface area (Å²) in [6.07, 6.45) is 3.31. The van der Waals surface area contributed by atoms with Crippen molar-refractivity contribution in [1.29, 1.82) is 0 Å². The second-order valence-electron chi connectivity index (χ2n) is 2.61. The molecule has 0 radical (unpaired) electrons. The molecule has 3 N–H and O–H groups in total. The number of nitrogens with zero attached hydrogens (tertiary/aromatic N) is 1. The Morgan fingerprint density at radius 1 is 1.46 bits per heavy atom. The van der Waals surface area contributed by atoms with Gasteiger partial charge in [-0.25, -0.2) is 0 Å². The van der Waals surface area contributed by atoms with E-state index in [4.69, 9.17) is 10.8 Å². The van der Waals surface area contributed by atoms with E-state index in [-0.39, 0.29) is 25.1 Å². The molecule has 1 heterocycles. The van der Waals surface area contributed by atoms with Crippen molar-refractivity contribution in [2.24, 2.45) is 5.73 Å². The van der Waals surface area contributed by atoms with Crippen molar-refractivity contribution in [3.63, 3.8) is 0 Å². The predicted octanol–water partition coefficient (Wildman–Crippen LogP) is 0.124. The molecule has 1 aromatic rings. The predicted molar refractivity (Wildman–Crippen MR) is 51.3 cm³/mol. The van der Waals surface area contributed by atoms with E-state index in [1.165, 1.54) is 12.4 Å². The van der Waals surface area contributed by atoms with Gasteiger partial charge in [0.25, 0.3) is 0 Å². The summed E-state index contributed by atoms with van der Waals surface area (Å²) >= 11 is 0. The first-order chi connectivity index (χ1) is 5.74. The fourth-order valence-electron chi connectivity index (χ4n) is 0.977. The number of rotatable bonds is 3.